The summed E-state index contributed by atoms with van der Waals surface area (Å²) >= 11 is 0. The third-order valence-corrected chi connectivity index (χ3v) is 3.84. The molecule has 0 spiro atoms. The molecule has 3 amide bonds. The van der Waals surface area contributed by atoms with Crippen molar-refractivity contribution in [2.45, 2.75) is 45.6 Å². The van der Waals surface area contributed by atoms with Crippen molar-refractivity contribution in [1.29, 1.82) is 0 Å². The van der Waals surface area contributed by atoms with Crippen molar-refractivity contribution >= 4 is 11.9 Å². The summed E-state index contributed by atoms with van der Waals surface area (Å²) in [5.74, 6) is 0.856. The van der Waals surface area contributed by atoms with Gasteiger partial charge in [-0.15, -0.1) is 6.42 Å². The summed E-state index contributed by atoms with van der Waals surface area (Å²) < 4.78 is 26.7. The first kappa shape index (κ1) is 22.4. The van der Waals surface area contributed by atoms with Crippen molar-refractivity contribution in [3.8, 4) is 12.3 Å². The topological polar surface area (TPSA) is 70.2 Å². The number of carbonyl (C=O) groups is 2. The molecule has 0 unspecified atom stereocenters. The van der Waals surface area contributed by atoms with Gasteiger partial charge in [0.1, 0.15) is 17.7 Å². The van der Waals surface area contributed by atoms with Gasteiger partial charge >= 0.3 is 6.03 Å². The zero-order valence-electron chi connectivity index (χ0n) is 15.8. The fourth-order valence-corrected chi connectivity index (χ4v) is 2.52. The van der Waals surface area contributed by atoms with Gasteiger partial charge in [0, 0.05) is 19.0 Å². The molecule has 5 nitrogen and oxygen atoms in total. The van der Waals surface area contributed by atoms with Crippen LogP contribution in [0.25, 0.3) is 0 Å². The van der Waals surface area contributed by atoms with E-state index >= 15 is 0 Å². The lowest BCUT2D eigenvalue weighted by Gasteiger charge is -2.18. The van der Waals surface area contributed by atoms with E-state index in [4.69, 9.17) is 6.42 Å². The van der Waals surface area contributed by atoms with Crippen molar-refractivity contribution < 1.29 is 18.4 Å². The minimum absolute atomic E-state index is 0.00858. The third-order valence-electron chi connectivity index (χ3n) is 3.84. The van der Waals surface area contributed by atoms with E-state index < -0.39 is 29.6 Å². The number of hydrogen-bond acceptors (Lipinski definition) is 2. The molecular weight excluding hydrogens is 352 g/mol. The number of terminal acetylenes is 1. The van der Waals surface area contributed by atoms with Crippen LogP contribution in [0.5, 0.6) is 0 Å². The average molecular weight is 379 g/mol. The summed E-state index contributed by atoms with van der Waals surface area (Å²) in [5.41, 5.74) is 0.255. The Morgan fingerprint density at radius 2 is 1.78 bits per heavy atom. The van der Waals surface area contributed by atoms with Gasteiger partial charge in [-0.2, -0.15) is 0 Å². The number of amides is 3. The van der Waals surface area contributed by atoms with E-state index in [1.807, 2.05) is 0 Å². The van der Waals surface area contributed by atoms with Crippen LogP contribution in [0.1, 0.15) is 38.7 Å². The van der Waals surface area contributed by atoms with Gasteiger partial charge in [-0.25, -0.2) is 13.6 Å². The van der Waals surface area contributed by atoms with Gasteiger partial charge in [0.05, 0.1) is 6.54 Å². The molecule has 1 aromatic rings. The monoisotopic (exact) mass is 379 g/mol. The van der Waals surface area contributed by atoms with Crippen LogP contribution in [0.15, 0.2) is 18.2 Å². The van der Waals surface area contributed by atoms with Gasteiger partial charge in [-0.1, -0.05) is 32.6 Å². The van der Waals surface area contributed by atoms with E-state index in [0.29, 0.717) is 12.5 Å². The maximum atomic E-state index is 13.4. The Hall–Kier alpha value is -2.62. The number of halogens is 2. The van der Waals surface area contributed by atoms with E-state index in [1.165, 1.54) is 0 Å². The molecule has 0 fully saturated rings. The minimum atomic E-state index is -1.00. The highest BCUT2D eigenvalue weighted by atomic mass is 19.1. The number of nitrogens with one attached hydrogen (secondary N) is 3. The fourth-order valence-electron chi connectivity index (χ4n) is 2.52. The lowest BCUT2D eigenvalue weighted by atomic mass is 10.0. The van der Waals surface area contributed by atoms with Crippen molar-refractivity contribution in [2.24, 2.45) is 5.92 Å². The molecule has 0 aliphatic carbocycles. The van der Waals surface area contributed by atoms with Crippen molar-refractivity contribution in [3.05, 3.63) is 35.4 Å². The van der Waals surface area contributed by atoms with Gasteiger partial charge in [0.2, 0.25) is 5.91 Å². The van der Waals surface area contributed by atoms with Gasteiger partial charge < -0.3 is 16.0 Å². The van der Waals surface area contributed by atoms with Crippen molar-refractivity contribution in [1.82, 2.24) is 16.0 Å². The van der Waals surface area contributed by atoms with E-state index in [2.05, 4.69) is 35.7 Å². The van der Waals surface area contributed by atoms with Crippen molar-refractivity contribution in [3.63, 3.8) is 0 Å². The SMILES string of the molecule is C#CCNC(=O)[C@H](Cc1cc(F)cc(F)c1)NC(=O)NCCCCC(C)C. The predicted molar refractivity (Wildman–Crippen MR) is 101 cm³/mol. The van der Waals surface area contributed by atoms with E-state index in [0.717, 1.165) is 37.5 Å². The van der Waals surface area contributed by atoms with Crippen molar-refractivity contribution in [2.75, 3.05) is 13.1 Å². The molecule has 0 heterocycles. The minimum Gasteiger partial charge on any atom is -0.343 e. The third kappa shape index (κ3) is 9.59. The van der Waals surface area contributed by atoms with Crippen LogP contribution >= 0.6 is 0 Å². The number of urea groups is 1. The highest BCUT2D eigenvalue weighted by Crippen LogP contribution is 2.10. The van der Waals surface area contributed by atoms with Gasteiger partial charge in [0.25, 0.3) is 0 Å². The van der Waals surface area contributed by atoms with E-state index in [1.54, 1.807) is 0 Å². The zero-order chi connectivity index (χ0) is 20.2. The predicted octanol–water partition coefficient (Wildman–Crippen LogP) is 2.75. The largest absolute Gasteiger partial charge is 0.343 e. The van der Waals surface area contributed by atoms with Crippen LogP contribution in [-0.4, -0.2) is 31.1 Å². The Morgan fingerprint density at radius 3 is 2.37 bits per heavy atom. The first-order valence-corrected chi connectivity index (χ1v) is 9.02. The quantitative estimate of drug-likeness (QED) is 0.432. The Bertz CT molecular complexity index is 651. The maximum Gasteiger partial charge on any atom is 0.315 e. The number of carbonyl (C=O) groups excluding carboxylic acids is 2. The standard InChI is InChI=1S/C20H27F2N3O2/c1-4-8-23-19(26)18(12-15-10-16(21)13-17(22)11-15)25-20(27)24-9-6-5-7-14(2)3/h1,10-11,13-14,18H,5-9,12H2,2-3H3,(H,23,26)(H2,24,25,27)/t18-/m0/s1. The maximum absolute atomic E-state index is 13.4. The van der Waals surface area contributed by atoms with Gasteiger partial charge in [0.15, 0.2) is 0 Å². The molecule has 1 rings (SSSR count). The van der Waals surface area contributed by atoms with Crippen LogP contribution in [0.3, 0.4) is 0 Å². The molecule has 0 saturated heterocycles. The number of hydrogen-bond donors (Lipinski definition) is 3. The van der Waals surface area contributed by atoms with Gasteiger partial charge in [-0.3, -0.25) is 4.79 Å². The first-order chi connectivity index (χ1) is 12.8. The average Bonchev–Trinajstić information content (AvgIpc) is 2.57. The molecule has 0 radical (unpaired) electrons. The Balaban J connectivity index is 2.64. The summed E-state index contributed by atoms with van der Waals surface area (Å²) in [4.78, 5) is 24.3. The molecule has 3 N–H and O–H groups in total. The number of benzene rings is 1. The Kier molecular flexibility index (Phi) is 9.88. The Morgan fingerprint density at radius 1 is 1.11 bits per heavy atom. The molecule has 1 atom stereocenters. The molecule has 1 aromatic carbocycles. The summed E-state index contributed by atoms with van der Waals surface area (Å²) in [6.07, 6.45) is 7.95. The lowest BCUT2D eigenvalue weighted by Crippen LogP contribution is -2.51. The van der Waals surface area contributed by atoms with Gasteiger partial charge in [-0.05, 0) is 30.0 Å². The molecular formula is C20H27F2N3O2. The second kappa shape index (κ2) is 11.9. The second-order valence-corrected chi connectivity index (χ2v) is 6.75. The number of unbranched alkanes of at least 4 members (excludes halogenated alkanes) is 1. The molecule has 7 heteroatoms. The van der Waals surface area contributed by atoms with E-state index in [-0.39, 0.29) is 18.5 Å². The van der Waals surface area contributed by atoms with Crippen LogP contribution < -0.4 is 16.0 Å². The Labute approximate surface area is 159 Å². The normalized spacial score (nSPS) is 11.6. The molecule has 148 valence electrons. The van der Waals surface area contributed by atoms with E-state index in [9.17, 15) is 18.4 Å². The van der Waals surface area contributed by atoms with Crippen LogP contribution in [0.2, 0.25) is 0 Å². The molecule has 0 aromatic heterocycles. The first-order valence-electron chi connectivity index (χ1n) is 9.02. The molecule has 27 heavy (non-hydrogen) atoms. The summed E-state index contributed by atoms with van der Waals surface area (Å²) in [7, 11) is 0. The van der Waals surface area contributed by atoms with Crippen LogP contribution in [0.4, 0.5) is 13.6 Å². The lowest BCUT2D eigenvalue weighted by molar-refractivity contribution is -0.122. The summed E-state index contributed by atoms with van der Waals surface area (Å²) in [5, 5.41) is 7.70. The fraction of sp³-hybridized carbons (Fsp3) is 0.500. The molecule has 0 aliphatic rings. The highest BCUT2D eigenvalue weighted by Gasteiger charge is 2.21. The van der Waals surface area contributed by atoms with Crippen LogP contribution in [0, 0.1) is 29.9 Å². The molecule has 0 aliphatic heterocycles. The smallest absolute Gasteiger partial charge is 0.315 e. The summed E-state index contributed by atoms with van der Waals surface area (Å²) in [6.45, 7) is 4.74. The zero-order valence-corrected chi connectivity index (χ0v) is 15.8. The highest BCUT2D eigenvalue weighted by molar-refractivity contribution is 5.87. The second-order valence-electron chi connectivity index (χ2n) is 6.75. The molecule has 0 saturated carbocycles. The van der Waals surface area contributed by atoms with Crippen LogP contribution in [-0.2, 0) is 11.2 Å². The number of rotatable bonds is 10. The summed E-state index contributed by atoms with van der Waals surface area (Å²) in [6, 6.07) is 1.47. The molecule has 0 bridgehead atoms.